The zero-order chi connectivity index (χ0) is 17.0. The molecule has 24 heavy (non-hydrogen) atoms. The van der Waals surface area contributed by atoms with Gasteiger partial charge in [-0.05, 0) is 30.0 Å². The first-order chi connectivity index (χ1) is 11.6. The van der Waals surface area contributed by atoms with E-state index < -0.39 is 5.60 Å². The highest BCUT2D eigenvalue weighted by Crippen LogP contribution is 2.36. The van der Waals surface area contributed by atoms with Gasteiger partial charge in [-0.3, -0.25) is 0 Å². The smallest absolute Gasteiger partial charge is 0.193 e. The van der Waals surface area contributed by atoms with Crippen LogP contribution in [0.5, 0.6) is 0 Å². The van der Waals surface area contributed by atoms with Crippen LogP contribution in [-0.2, 0) is 23.4 Å². The SMILES string of the molecule is COCc1ccccc1NC(N)=NCC1(O)CCc2ccccc21. The molecule has 1 unspecified atom stereocenters. The maximum absolute atomic E-state index is 10.9. The van der Waals surface area contributed by atoms with Crippen LogP contribution in [0, 0.1) is 0 Å². The van der Waals surface area contributed by atoms with E-state index in [0.29, 0.717) is 13.0 Å². The summed E-state index contributed by atoms with van der Waals surface area (Å²) in [6, 6.07) is 15.7. The number of methoxy groups -OCH3 is 1. The number of hydrogen-bond acceptors (Lipinski definition) is 3. The number of nitrogens with one attached hydrogen (secondary N) is 1. The van der Waals surface area contributed by atoms with E-state index in [-0.39, 0.29) is 12.5 Å². The molecule has 5 heteroatoms. The number of aryl methyl sites for hydroxylation is 1. The van der Waals surface area contributed by atoms with Crippen molar-refractivity contribution in [3.63, 3.8) is 0 Å². The number of rotatable bonds is 5. The molecule has 0 saturated heterocycles. The predicted octanol–water partition coefficient (Wildman–Crippen LogP) is 2.39. The maximum atomic E-state index is 10.9. The van der Waals surface area contributed by atoms with E-state index >= 15 is 0 Å². The van der Waals surface area contributed by atoms with Gasteiger partial charge in [0.25, 0.3) is 0 Å². The van der Waals surface area contributed by atoms with Crippen LogP contribution in [0.3, 0.4) is 0 Å². The molecule has 0 aliphatic heterocycles. The number of nitrogens with zero attached hydrogens (tertiary/aromatic N) is 1. The molecule has 1 aliphatic rings. The molecular weight excluding hydrogens is 302 g/mol. The molecule has 2 aromatic rings. The fourth-order valence-electron chi connectivity index (χ4n) is 3.15. The van der Waals surface area contributed by atoms with Crippen LogP contribution in [0.4, 0.5) is 5.69 Å². The van der Waals surface area contributed by atoms with E-state index in [2.05, 4.69) is 16.4 Å². The molecule has 1 atom stereocenters. The second-order valence-corrected chi connectivity index (χ2v) is 6.11. The molecule has 0 spiro atoms. The summed E-state index contributed by atoms with van der Waals surface area (Å²) >= 11 is 0. The fourth-order valence-corrected chi connectivity index (χ4v) is 3.15. The van der Waals surface area contributed by atoms with Crippen LogP contribution in [-0.4, -0.2) is 24.7 Å². The third kappa shape index (κ3) is 3.42. The maximum Gasteiger partial charge on any atom is 0.193 e. The van der Waals surface area contributed by atoms with Crippen LogP contribution >= 0.6 is 0 Å². The monoisotopic (exact) mass is 325 g/mol. The third-order valence-corrected chi connectivity index (χ3v) is 4.42. The number of ether oxygens (including phenoxy) is 1. The molecule has 3 rings (SSSR count). The van der Waals surface area contributed by atoms with Gasteiger partial charge in [0.05, 0.1) is 13.2 Å². The number of anilines is 1. The van der Waals surface area contributed by atoms with E-state index in [9.17, 15) is 5.11 Å². The average molecular weight is 325 g/mol. The quantitative estimate of drug-likeness (QED) is 0.582. The van der Waals surface area contributed by atoms with Crippen molar-refractivity contribution in [3.05, 3.63) is 65.2 Å². The fraction of sp³-hybridized carbons (Fsp3) is 0.316. The Morgan fingerprint density at radius 3 is 2.83 bits per heavy atom. The number of para-hydroxylation sites is 1. The summed E-state index contributed by atoms with van der Waals surface area (Å²) in [5.74, 6) is 0.288. The molecule has 2 aromatic carbocycles. The number of benzene rings is 2. The molecule has 1 aliphatic carbocycles. The van der Waals surface area contributed by atoms with Gasteiger partial charge in [0.1, 0.15) is 5.60 Å². The first kappa shape index (κ1) is 16.5. The van der Waals surface area contributed by atoms with Gasteiger partial charge >= 0.3 is 0 Å². The molecule has 0 heterocycles. The molecular formula is C19H23N3O2. The van der Waals surface area contributed by atoms with Crippen molar-refractivity contribution < 1.29 is 9.84 Å². The Kier molecular flexibility index (Phi) is 4.83. The second-order valence-electron chi connectivity index (χ2n) is 6.11. The van der Waals surface area contributed by atoms with E-state index in [4.69, 9.17) is 10.5 Å². The second kappa shape index (κ2) is 7.03. The van der Waals surface area contributed by atoms with Crippen LogP contribution in [0.2, 0.25) is 0 Å². The topological polar surface area (TPSA) is 79.9 Å². The molecule has 0 amide bonds. The van der Waals surface area contributed by atoms with E-state index in [1.165, 1.54) is 5.56 Å². The van der Waals surface area contributed by atoms with Crippen molar-refractivity contribution >= 4 is 11.6 Å². The number of aliphatic imine (C=N–C) groups is 1. The van der Waals surface area contributed by atoms with Crippen molar-refractivity contribution in [3.8, 4) is 0 Å². The van der Waals surface area contributed by atoms with E-state index in [1.54, 1.807) is 7.11 Å². The molecule has 0 fully saturated rings. The molecule has 5 nitrogen and oxygen atoms in total. The zero-order valence-corrected chi connectivity index (χ0v) is 13.8. The number of nitrogens with two attached hydrogens (primary N) is 1. The molecule has 126 valence electrons. The number of fused-ring (bicyclic) bond motifs is 1. The van der Waals surface area contributed by atoms with Crippen LogP contribution in [0.25, 0.3) is 0 Å². The lowest BCUT2D eigenvalue weighted by Crippen LogP contribution is -2.30. The van der Waals surface area contributed by atoms with Gasteiger partial charge in [-0.2, -0.15) is 0 Å². The Bertz CT molecular complexity index is 745. The Hall–Kier alpha value is -2.37. The Morgan fingerprint density at radius 2 is 2.00 bits per heavy atom. The standard InChI is InChI=1S/C19H23N3O2/c1-24-12-15-7-3-5-9-17(15)22-18(20)21-13-19(23)11-10-14-6-2-4-8-16(14)19/h2-9,23H,10-13H2,1H3,(H3,20,21,22). The van der Waals surface area contributed by atoms with Gasteiger partial charge in [-0.15, -0.1) is 0 Å². The first-order valence-corrected chi connectivity index (χ1v) is 8.07. The van der Waals surface area contributed by atoms with Crippen LogP contribution in [0.1, 0.15) is 23.1 Å². The lowest BCUT2D eigenvalue weighted by atomic mass is 9.96. The molecule has 0 saturated carbocycles. The van der Waals surface area contributed by atoms with Gasteiger partial charge in [-0.25, -0.2) is 4.99 Å². The van der Waals surface area contributed by atoms with Gasteiger partial charge in [-0.1, -0.05) is 42.5 Å². The minimum Gasteiger partial charge on any atom is -0.383 e. The molecule has 0 radical (unpaired) electrons. The Morgan fingerprint density at radius 1 is 1.25 bits per heavy atom. The van der Waals surface area contributed by atoms with Crippen molar-refractivity contribution in [2.45, 2.75) is 25.0 Å². The average Bonchev–Trinajstić information content (AvgIpc) is 2.93. The van der Waals surface area contributed by atoms with Gasteiger partial charge in [0, 0.05) is 18.4 Å². The van der Waals surface area contributed by atoms with E-state index in [0.717, 1.165) is 23.2 Å². The summed E-state index contributed by atoms with van der Waals surface area (Å²) < 4.78 is 5.19. The summed E-state index contributed by atoms with van der Waals surface area (Å²) in [5, 5.41) is 14.0. The highest BCUT2D eigenvalue weighted by atomic mass is 16.5. The van der Waals surface area contributed by atoms with Crippen molar-refractivity contribution in [1.82, 2.24) is 0 Å². The minimum atomic E-state index is -0.936. The van der Waals surface area contributed by atoms with Gasteiger partial charge in [0.2, 0.25) is 0 Å². The first-order valence-electron chi connectivity index (χ1n) is 8.07. The Labute approximate surface area is 142 Å². The largest absolute Gasteiger partial charge is 0.383 e. The summed E-state index contributed by atoms with van der Waals surface area (Å²) in [7, 11) is 1.65. The summed E-state index contributed by atoms with van der Waals surface area (Å²) in [6.45, 7) is 0.739. The Balaban J connectivity index is 1.72. The highest BCUT2D eigenvalue weighted by Gasteiger charge is 2.36. The summed E-state index contributed by atoms with van der Waals surface area (Å²) in [6.07, 6.45) is 1.54. The third-order valence-electron chi connectivity index (χ3n) is 4.42. The van der Waals surface area contributed by atoms with Crippen LogP contribution < -0.4 is 11.1 Å². The van der Waals surface area contributed by atoms with Crippen molar-refractivity contribution in [2.75, 3.05) is 19.0 Å². The van der Waals surface area contributed by atoms with Gasteiger partial charge < -0.3 is 20.9 Å². The zero-order valence-electron chi connectivity index (χ0n) is 13.8. The number of guanidine groups is 1. The summed E-state index contributed by atoms with van der Waals surface area (Å²) in [5.41, 5.74) is 9.09. The van der Waals surface area contributed by atoms with E-state index in [1.807, 2.05) is 42.5 Å². The summed E-state index contributed by atoms with van der Waals surface area (Å²) in [4.78, 5) is 4.37. The normalized spacial score (nSPS) is 20.0. The lowest BCUT2D eigenvalue weighted by Gasteiger charge is -2.22. The molecule has 0 aromatic heterocycles. The molecule has 0 bridgehead atoms. The van der Waals surface area contributed by atoms with Crippen molar-refractivity contribution in [2.24, 2.45) is 10.7 Å². The van der Waals surface area contributed by atoms with Gasteiger partial charge in [0.15, 0.2) is 5.96 Å². The predicted molar refractivity (Wildman–Crippen MR) is 95.9 cm³/mol. The minimum absolute atomic E-state index is 0.245. The van der Waals surface area contributed by atoms with Crippen molar-refractivity contribution in [1.29, 1.82) is 0 Å². The number of hydrogen-bond donors (Lipinski definition) is 3. The highest BCUT2D eigenvalue weighted by molar-refractivity contribution is 5.93. The van der Waals surface area contributed by atoms with Crippen LogP contribution in [0.15, 0.2) is 53.5 Å². The number of aliphatic hydroxyl groups is 1. The lowest BCUT2D eigenvalue weighted by molar-refractivity contribution is 0.0487. The molecule has 4 N–H and O–H groups in total.